The topological polar surface area (TPSA) is 43.4 Å². The molecule has 2 aromatic rings. The van der Waals surface area contributed by atoms with E-state index in [1.807, 2.05) is 30.3 Å². The van der Waals surface area contributed by atoms with Gasteiger partial charge in [-0.2, -0.15) is 0 Å². The van der Waals surface area contributed by atoms with Gasteiger partial charge >= 0.3 is 8.69 Å². The van der Waals surface area contributed by atoms with Crippen molar-refractivity contribution in [3.63, 3.8) is 0 Å². The van der Waals surface area contributed by atoms with E-state index in [1.165, 1.54) is 0 Å². The predicted octanol–water partition coefficient (Wildman–Crippen LogP) is 4.20. The molecule has 0 radical (unpaired) electrons. The minimum Gasteiger partial charge on any atom is -0.300 e. The van der Waals surface area contributed by atoms with Crippen LogP contribution in [0, 0.1) is 0 Å². The van der Waals surface area contributed by atoms with Crippen LogP contribution in [0.4, 0.5) is 0 Å². The molecule has 19 heavy (non-hydrogen) atoms. The molecular weight excluding hydrogens is 283 g/mol. The first-order valence-corrected chi connectivity index (χ1v) is 6.78. The van der Waals surface area contributed by atoms with Crippen LogP contribution in [0.25, 0.3) is 11.1 Å². The first-order chi connectivity index (χ1) is 9.26. The summed E-state index contributed by atoms with van der Waals surface area (Å²) in [5, 5.41) is 0.644. The van der Waals surface area contributed by atoms with Crippen molar-refractivity contribution < 1.29 is 13.9 Å². The Balaban J connectivity index is 2.48. The summed E-state index contributed by atoms with van der Waals surface area (Å²) in [5.74, 6) is 0. The average Bonchev–Trinajstić information content (AvgIpc) is 2.46. The van der Waals surface area contributed by atoms with E-state index in [4.69, 9.17) is 16.1 Å². The minimum atomic E-state index is -0.980. The van der Waals surface area contributed by atoms with Gasteiger partial charge in [0, 0.05) is 10.6 Å². The second-order valence-electron chi connectivity index (χ2n) is 3.85. The summed E-state index contributed by atoms with van der Waals surface area (Å²) in [6.07, 6.45) is -0.192. The molecule has 2 atom stereocenters. The van der Waals surface area contributed by atoms with Crippen molar-refractivity contribution >= 4 is 26.6 Å². The number of hydrogen-bond acceptors (Lipinski definition) is 3. The molecule has 0 bridgehead atoms. The van der Waals surface area contributed by atoms with E-state index in [1.54, 1.807) is 18.2 Å². The second kappa shape index (κ2) is 6.58. The molecule has 5 heteroatoms. The van der Waals surface area contributed by atoms with Crippen molar-refractivity contribution in [1.82, 2.24) is 0 Å². The second-order valence-corrected chi connectivity index (χ2v) is 4.69. The lowest BCUT2D eigenvalue weighted by molar-refractivity contribution is -0.113. The Bertz CT molecular complexity index is 583. The van der Waals surface area contributed by atoms with Gasteiger partial charge in [-0.3, -0.25) is 4.79 Å². The van der Waals surface area contributed by atoms with E-state index in [9.17, 15) is 9.36 Å². The van der Waals surface area contributed by atoms with Gasteiger partial charge in [0.05, 0.1) is 0 Å². The van der Waals surface area contributed by atoms with Crippen molar-refractivity contribution in [2.24, 2.45) is 0 Å². The molecule has 0 heterocycles. The summed E-state index contributed by atoms with van der Waals surface area (Å²) < 4.78 is 15.5. The van der Waals surface area contributed by atoms with Crippen molar-refractivity contribution in [1.29, 1.82) is 0 Å². The zero-order chi connectivity index (χ0) is 13.7. The van der Waals surface area contributed by atoms with E-state index in [-0.39, 0.29) is 0 Å². The van der Waals surface area contributed by atoms with Gasteiger partial charge in [-0.05, 0) is 27.8 Å². The van der Waals surface area contributed by atoms with Crippen LogP contribution < -0.4 is 0 Å². The lowest BCUT2D eigenvalue weighted by Gasteiger charge is -2.11. The fraction of sp³-hybridized carbons (Fsp3) is 0.0714. The predicted molar refractivity (Wildman–Crippen MR) is 75.8 cm³/mol. The number of benzene rings is 2. The number of carbonyl (C=O) groups is 1. The van der Waals surface area contributed by atoms with Crippen molar-refractivity contribution in [2.45, 2.75) is 6.10 Å². The van der Waals surface area contributed by atoms with Crippen LogP contribution in [0.1, 0.15) is 11.7 Å². The SMILES string of the molecule is O=CC(O[PH+]=O)c1ccccc1-c1ccc(Cl)cc1. The number of hydrogen-bond donors (Lipinski definition) is 0. The first kappa shape index (κ1) is 13.9. The molecule has 0 aromatic heterocycles. The molecule has 2 unspecified atom stereocenters. The number of halogens is 1. The van der Waals surface area contributed by atoms with Gasteiger partial charge in [-0.25, -0.2) is 0 Å². The van der Waals surface area contributed by atoms with E-state index in [0.717, 1.165) is 11.1 Å². The minimum absolute atomic E-state index is 0.639. The van der Waals surface area contributed by atoms with Crippen LogP contribution in [0.5, 0.6) is 0 Å². The van der Waals surface area contributed by atoms with Crippen LogP contribution in [-0.2, 0) is 13.9 Å². The summed E-state index contributed by atoms with van der Waals surface area (Å²) >= 11 is 5.86. The van der Waals surface area contributed by atoms with Crippen LogP contribution in [-0.4, -0.2) is 6.29 Å². The quantitative estimate of drug-likeness (QED) is 0.613. The van der Waals surface area contributed by atoms with Gasteiger partial charge in [0.25, 0.3) is 0 Å². The normalized spacial score (nSPS) is 12.3. The van der Waals surface area contributed by atoms with E-state index in [2.05, 4.69) is 0 Å². The zero-order valence-electron chi connectivity index (χ0n) is 9.88. The lowest BCUT2D eigenvalue weighted by atomic mass is 9.97. The van der Waals surface area contributed by atoms with Crippen LogP contribution in [0.2, 0.25) is 5.02 Å². The molecule has 0 fully saturated rings. The van der Waals surface area contributed by atoms with Gasteiger partial charge in [-0.15, -0.1) is 4.52 Å². The molecule has 0 spiro atoms. The maximum Gasteiger partial charge on any atom is 0.495 e. The molecule has 0 saturated heterocycles. The summed E-state index contributed by atoms with van der Waals surface area (Å²) in [5.41, 5.74) is 2.46. The maximum atomic E-state index is 11.1. The van der Waals surface area contributed by atoms with Crippen molar-refractivity contribution in [2.75, 3.05) is 0 Å². The molecule has 0 N–H and O–H groups in total. The smallest absolute Gasteiger partial charge is 0.300 e. The van der Waals surface area contributed by atoms with Crippen molar-refractivity contribution in [3.05, 3.63) is 59.1 Å². The van der Waals surface area contributed by atoms with Crippen LogP contribution in [0.3, 0.4) is 0 Å². The third-order valence-electron chi connectivity index (χ3n) is 2.72. The molecule has 2 rings (SSSR count). The monoisotopic (exact) mass is 293 g/mol. The van der Waals surface area contributed by atoms with Crippen molar-refractivity contribution in [3.8, 4) is 11.1 Å². The Labute approximate surface area is 117 Å². The molecule has 0 saturated carbocycles. The molecular formula is C14H11ClO3P+. The zero-order valence-corrected chi connectivity index (χ0v) is 11.6. The first-order valence-electron chi connectivity index (χ1n) is 5.59. The van der Waals surface area contributed by atoms with E-state index < -0.39 is 14.8 Å². The molecule has 0 aliphatic carbocycles. The Morgan fingerprint density at radius 2 is 1.79 bits per heavy atom. The third-order valence-corrected chi connectivity index (χ3v) is 3.32. The van der Waals surface area contributed by atoms with Gasteiger partial charge in [0.1, 0.15) is 0 Å². The van der Waals surface area contributed by atoms with Crippen LogP contribution in [0.15, 0.2) is 48.5 Å². The summed E-state index contributed by atoms with van der Waals surface area (Å²) in [6, 6.07) is 14.6. The number of aldehydes is 1. The number of rotatable bonds is 5. The summed E-state index contributed by atoms with van der Waals surface area (Å²) in [6.45, 7) is 0. The molecule has 0 aliphatic heterocycles. The molecule has 3 nitrogen and oxygen atoms in total. The van der Waals surface area contributed by atoms with Crippen LogP contribution >= 0.6 is 20.3 Å². The van der Waals surface area contributed by atoms with Gasteiger partial charge < -0.3 is 0 Å². The maximum absolute atomic E-state index is 11.1. The Hall–Kier alpha value is -1.54. The molecule has 2 aromatic carbocycles. The highest BCUT2D eigenvalue weighted by Gasteiger charge is 2.19. The summed E-state index contributed by atoms with van der Waals surface area (Å²) in [4.78, 5) is 11.1. The fourth-order valence-electron chi connectivity index (χ4n) is 1.85. The number of carbonyl (C=O) groups excluding carboxylic acids is 1. The molecule has 96 valence electrons. The Morgan fingerprint density at radius 1 is 1.11 bits per heavy atom. The summed E-state index contributed by atoms with van der Waals surface area (Å²) in [7, 11) is -0.980. The highest BCUT2D eigenvalue weighted by Crippen LogP contribution is 2.31. The molecule has 0 amide bonds. The Kier molecular flexibility index (Phi) is 4.80. The third kappa shape index (κ3) is 3.27. The highest BCUT2D eigenvalue weighted by atomic mass is 35.5. The van der Waals surface area contributed by atoms with Gasteiger partial charge in [-0.1, -0.05) is 48.0 Å². The Morgan fingerprint density at radius 3 is 2.42 bits per heavy atom. The van der Waals surface area contributed by atoms with E-state index in [0.29, 0.717) is 16.9 Å². The van der Waals surface area contributed by atoms with Gasteiger partial charge in [0.2, 0.25) is 0 Å². The average molecular weight is 294 g/mol. The van der Waals surface area contributed by atoms with E-state index >= 15 is 0 Å². The standard InChI is InChI=1S/C14H11ClO3P/c15-11-7-5-10(6-8-11)12-3-1-2-4-13(12)14(9-16)18-19-17/h1-9,14,19H/q+1. The van der Waals surface area contributed by atoms with Gasteiger partial charge in [0.15, 0.2) is 12.4 Å². The molecule has 0 aliphatic rings. The largest absolute Gasteiger partial charge is 0.495 e. The lowest BCUT2D eigenvalue weighted by Crippen LogP contribution is -2.02. The highest BCUT2D eigenvalue weighted by molar-refractivity contribution is 7.17. The fourth-order valence-corrected chi connectivity index (χ4v) is 2.27.